The average Bonchev–Trinajstić information content (AvgIpc) is 3.43. The van der Waals surface area contributed by atoms with Crippen LogP contribution in [0.1, 0.15) is 0 Å². The smallest absolute Gasteiger partial charge is 0.0471 e. The molecule has 0 atom stereocenters. The summed E-state index contributed by atoms with van der Waals surface area (Å²) in [5.74, 6) is 0. The van der Waals surface area contributed by atoms with Gasteiger partial charge in [0.25, 0.3) is 0 Å². The molecule has 1 nitrogen and oxygen atoms in total. The molecule has 1 N–H and O–H groups in total. The van der Waals surface area contributed by atoms with Gasteiger partial charge in [-0.25, -0.2) is 0 Å². The monoisotopic (exact) mass is 545 g/mol. The molecule has 0 saturated carbocycles. The highest BCUT2D eigenvalue weighted by molar-refractivity contribution is 6.21. The Morgan fingerprint density at radius 2 is 0.791 bits per heavy atom. The molecule has 1 heterocycles. The van der Waals surface area contributed by atoms with E-state index in [0.717, 1.165) is 5.52 Å². The number of aromatic amines is 1. The van der Waals surface area contributed by atoms with E-state index in [2.05, 4.69) is 163 Å². The molecule has 0 aliphatic rings. The Balaban J connectivity index is 1.24. The molecule has 9 rings (SSSR count). The Morgan fingerprint density at radius 1 is 0.279 bits per heavy atom. The van der Waals surface area contributed by atoms with Crippen LogP contribution < -0.4 is 0 Å². The lowest BCUT2D eigenvalue weighted by atomic mass is 9.85. The standard InChI is InChI=1S/C42H27N/c1-2-11-27(12-3-1)41-34-17-6-8-19-36(34)42(37-20-9-7-18-35(37)41)32-16-10-15-28(23-32)31-21-22-33-38-24-29-13-4-5-14-30(29)25-40(38)43-39(33)26-31/h1-26,43H. The lowest BCUT2D eigenvalue weighted by molar-refractivity contribution is 1.55. The molecule has 43 heavy (non-hydrogen) atoms. The minimum absolute atomic E-state index is 1.16. The van der Waals surface area contributed by atoms with Crippen LogP contribution in [0.5, 0.6) is 0 Å². The molecule has 200 valence electrons. The van der Waals surface area contributed by atoms with Gasteiger partial charge in [0.1, 0.15) is 0 Å². The highest BCUT2D eigenvalue weighted by atomic mass is 14.7. The summed E-state index contributed by atoms with van der Waals surface area (Å²) in [6, 6.07) is 57.5. The van der Waals surface area contributed by atoms with Crippen molar-refractivity contribution in [3.05, 3.63) is 158 Å². The van der Waals surface area contributed by atoms with Crippen molar-refractivity contribution in [3.8, 4) is 33.4 Å². The van der Waals surface area contributed by atoms with Crippen molar-refractivity contribution < 1.29 is 0 Å². The predicted molar refractivity (Wildman–Crippen MR) is 185 cm³/mol. The quantitative estimate of drug-likeness (QED) is 0.213. The first-order valence-electron chi connectivity index (χ1n) is 14.9. The normalized spacial score (nSPS) is 11.7. The Labute approximate surface area is 249 Å². The van der Waals surface area contributed by atoms with Crippen molar-refractivity contribution in [1.82, 2.24) is 4.98 Å². The van der Waals surface area contributed by atoms with Crippen molar-refractivity contribution in [2.75, 3.05) is 0 Å². The zero-order valence-corrected chi connectivity index (χ0v) is 23.5. The van der Waals surface area contributed by atoms with Crippen LogP contribution in [0.3, 0.4) is 0 Å². The summed E-state index contributed by atoms with van der Waals surface area (Å²) in [6.45, 7) is 0. The van der Waals surface area contributed by atoms with Gasteiger partial charge in [0.05, 0.1) is 0 Å². The first-order chi connectivity index (χ1) is 21.3. The van der Waals surface area contributed by atoms with Crippen molar-refractivity contribution in [2.45, 2.75) is 0 Å². The summed E-state index contributed by atoms with van der Waals surface area (Å²) < 4.78 is 0. The van der Waals surface area contributed by atoms with Crippen LogP contribution in [-0.2, 0) is 0 Å². The summed E-state index contributed by atoms with van der Waals surface area (Å²) >= 11 is 0. The molecular weight excluding hydrogens is 518 g/mol. The van der Waals surface area contributed by atoms with Crippen LogP contribution >= 0.6 is 0 Å². The molecular formula is C42H27N. The number of fused-ring (bicyclic) bond motifs is 6. The Hall–Kier alpha value is -5.66. The fourth-order valence-corrected chi connectivity index (χ4v) is 6.98. The molecule has 0 radical (unpaired) electrons. The fourth-order valence-electron chi connectivity index (χ4n) is 6.98. The average molecular weight is 546 g/mol. The zero-order valence-electron chi connectivity index (χ0n) is 23.5. The summed E-state index contributed by atoms with van der Waals surface area (Å²) in [4.78, 5) is 3.70. The third-order valence-corrected chi connectivity index (χ3v) is 8.94. The van der Waals surface area contributed by atoms with Crippen LogP contribution in [0.4, 0.5) is 0 Å². The Morgan fingerprint density at radius 3 is 1.49 bits per heavy atom. The van der Waals surface area contributed by atoms with E-state index in [1.165, 1.54) is 82.0 Å². The highest BCUT2D eigenvalue weighted by Gasteiger charge is 2.17. The molecule has 0 saturated heterocycles. The van der Waals surface area contributed by atoms with Gasteiger partial charge in [-0.15, -0.1) is 0 Å². The van der Waals surface area contributed by atoms with Crippen LogP contribution in [0.2, 0.25) is 0 Å². The number of H-pyrrole nitrogens is 1. The van der Waals surface area contributed by atoms with E-state index in [0.29, 0.717) is 0 Å². The number of aromatic nitrogens is 1. The van der Waals surface area contributed by atoms with Gasteiger partial charge in [-0.2, -0.15) is 0 Å². The Bertz CT molecular complexity index is 2440. The fraction of sp³-hybridized carbons (Fsp3) is 0. The van der Waals surface area contributed by atoms with Gasteiger partial charge in [-0.1, -0.05) is 133 Å². The third kappa shape index (κ3) is 3.79. The molecule has 0 bridgehead atoms. The van der Waals surface area contributed by atoms with Gasteiger partial charge in [0.2, 0.25) is 0 Å². The van der Waals surface area contributed by atoms with Crippen LogP contribution in [0, 0.1) is 0 Å². The highest BCUT2D eigenvalue weighted by Crippen LogP contribution is 2.44. The number of nitrogens with one attached hydrogen (secondary N) is 1. The van der Waals surface area contributed by atoms with Gasteiger partial charge >= 0.3 is 0 Å². The van der Waals surface area contributed by atoms with Crippen molar-refractivity contribution in [1.29, 1.82) is 0 Å². The van der Waals surface area contributed by atoms with Gasteiger partial charge in [0.15, 0.2) is 0 Å². The number of rotatable bonds is 3. The Kier molecular flexibility index (Phi) is 5.27. The summed E-state index contributed by atoms with van der Waals surface area (Å²) in [5.41, 5.74) is 9.81. The van der Waals surface area contributed by atoms with Crippen LogP contribution in [0.15, 0.2) is 158 Å². The minimum atomic E-state index is 1.16. The van der Waals surface area contributed by atoms with E-state index >= 15 is 0 Å². The predicted octanol–water partition coefficient (Wildman–Crippen LogP) is 11.8. The number of benzene rings is 8. The van der Waals surface area contributed by atoms with Crippen LogP contribution in [0.25, 0.3) is 87.5 Å². The topological polar surface area (TPSA) is 15.8 Å². The first kappa shape index (κ1) is 24.0. The molecule has 0 fully saturated rings. The summed E-state index contributed by atoms with van der Waals surface area (Å²) in [5, 5.41) is 10.2. The maximum Gasteiger partial charge on any atom is 0.0471 e. The van der Waals surface area contributed by atoms with Gasteiger partial charge in [-0.3, -0.25) is 0 Å². The SMILES string of the molecule is c1ccc(-c2c3ccccc3c(-c3cccc(-c4ccc5c(c4)[nH]c4cc6ccccc6cc45)c3)c3ccccc23)cc1. The maximum atomic E-state index is 3.70. The van der Waals surface area contributed by atoms with E-state index in [4.69, 9.17) is 0 Å². The van der Waals surface area contributed by atoms with Gasteiger partial charge in [-0.05, 0) is 90.0 Å². The number of hydrogen-bond donors (Lipinski definition) is 1. The van der Waals surface area contributed by atoms with Crippen molar-refractivity contribution in [3.63, 3.8) is 0 Å². The molecule has 0 amide bonds. The van der Waals surface area contributed by atoms with Gasteiger partial charge < -0.3 is 4.98 Å². The lowest BCUT2D eigenvalue weighted by Crippen LogP contribution is -1.91. The van der Waals surface area contributed by atoms with E-state index < -0.39 is 0 Å². The second-order valence-corrected chi connectivity index (χ2v) is 11.4. The first-order valence-corrected chi connectivity index (χ1v) is 14.9. The number of hydrogen-bond acceptors (Lipinski definition) is 0. The molecule has 1 aromatic heterocycles. The van der Waals surface area contributed by atoms with E-state index in [1.54, 1.807) is 0 Å². The molecule has 0 aliphatic carbocycles. The van der Waals surface area contributed by atoms with E-state index in [-0.39, 0.29) is 0 Å². The summed E-state index contributed by atoms with van der Waals surface area (Å²) in [6.07, 6.45) is 0. The molecule has 0 unspecified atom stereocenters. The molecule has 1 heteroatoms. The van der Waals surface area contributed by atoms with Gasteiger partial charge in [0, 0.05) is 21.8 Å². The maximum absolute atomic E-state index is 3.70. The largest absolute Gasteiger partial charge is 0.354 e. The summed E-state index contributed by atoms with van der Waals surface area (Å²) in [7, 11) is 0. The minimum Gasteiger partial charge on any atom is -0.354 e. The zero-order chi connectivity index (χ0) is 28.3. The second-order valence-electron chi connectivity index (χ2n) is 11.4. The van der Waals surface area contributed by atoms with E-state index in [1.807, 2.05) is 0 Å². The third-order valence-electron chi connectivity index (χ3n) is 8.94. The van der Waals surface area contributed by atoms with Crippen molar-refractivity contribution >= 4 is 54.1 Å². The van der Waals surface area contributed by atoms with Crippen molar-refractivity contribution in [2.24, 2.45) is 0 Å². The van der Waals surface area contributed by atoms with E-state index in [9.17, 15) is 0 Å². The molecule has 9 aromatic rings. The lowest BCUT2D eigenvalue weighted by Gasteiger charge is -2.18. The molecule has 0 spiro atoms. The molecule has 8 aromatic carbocycles. The molecule has 0 aliphatic heterocycles. The van der Waals surface area contributed by atoms with Crippen LogP contribution in [-0.4, -0.2) is 4.98 Å². The second kappa shape index (κ2) is 9.44.